The quantitative estimate of drug-likeness (QED) is 0.887. The Labute approximate surface area is 119 Å². The number of carboxylic acid groups (broad SMARTS) is 1. The summed E-state index contributed by atoms with van der Waals surface area (Å²) in [7, 11) is 0. The van der Waals surface area contributed by atoms with Gasteiger partial charge in [0.1, 0.15) is 0 Å². The van der Waals surface area contributed by atoms with Gasteiger partial charge >= 0.3 is 5.97 Å². The Morgan fingerprint density at radius 2 is 2.00 bits per heavy atom. The summed E-state index contributed by atoms with van der Waals surface area (Å²) in [4.78, 5) is 23.2. The Bertz CT molecular complexity index is 536. The zero-order valence-electron chi connectivity index (χ0n) is 12.1. The van der Waals surface area contributed by atoms with Crippen LogP contribution in [0.3, 0.4) is 0 Å². The molecule has 1 amide bonds. The molecular weight excluding hydrogens is 254 g/mol. The highest BCUT2D eigenvalue weighted by Gasteiger charge is 2.34. The van der Waals surface area contributed by atoms with E-state index in [-0.39, 0.29) is 18.4 Å². The molecule has 2 N–H and O–H groups in total. The van der Waals surface area contributed by atoms with Crippen molar-refractivity contribution < 1.29 is 14.7 Å². The molecule has 0 unspecified atom stereocenters. The van der Waals surface area contributed by atoms with Crippen molar-refractivity contribution >= 4 is 11.9 Å². The molecule has 0 heterocycles. The van der Waals surface area contributed by atoms with Crippen LogP contribution in [0.25, 0.3) is 0 Å². The van der Waals surface area contributed by atoms with E-state index in [9.17, 15) is 9.59 Å². The topological polar surface area (TPSA) is 66.4 Å². The summed E-state index contributed by atoms with van der Waals surface area (Å²) in [6.07, 6.45) is 0.942. The van der Waals surface area contributed by atoms with Gasteiger partial charge in [0.25, 0.3) is 0 Å². The predicted molar refractivity (Wildman–Crippen MR) is 76.2 cm³/mol. The molecule has 4 heteroatoms. The third-order valence-corrected chi connectivity index (χ3v) is 4.00. The summed E-state index contributed by atoms with van der Waals surface area (Å²) in [5.41, 5.74) is 1.38. The molecule has 0 saturated heterocycles. The van der Waals surface area contributed by atoms with Crippen LogP contribution in [0.15, 0.2) is 24.3 Å². The van der Waals surface area contributed by atoms with Crippen molar-refractivity contribution in [3.63, 3.8) is 0 Å². The van der Waals surface area contributed by atoms with Crippen molar-refractivity contribution in [2.45, 2.75) is 39.7 Å². The van der Waals surface area contributed by atoms with Crippen LogP contribution in [0.5, 0.6) is 0 Å². The molecule has 0 aliphatic heterocycles. The standard InChI is InChI=1S/C16H21NO3/c1-10-8-11-6-4-5-7-12(11)14(10)17-13(18)9-16(2,3)15(19)20/h4-7,10,14H,8-9H2,1-3H3,(H,17,18)(H,19,20)/t10-,14+/m0/s1. The van der Waals surface area contributed by atoms with E-state index in [0.29, 0.717) is 5.92 Å². The molecule has 2 rings (SSSR count). The van der Waals surface area contributed by atoms with Crippen LogP contribution in [0, 0.1) is 11.3 Å². The van der Waals surface area contributed by atoms with E-state index < -0.39 is 11.4 Å². The first-order valence-electron chi connectivity index (χ1n) is 6.92. The Morgan fingerprint density at radius 3 is 2.65 bits per heavy atom. The smallest absolute Gasteiger partial charge is 0.309 e. The van der Waals surface area contributed by atoms with Crippen LogP contribution in [-0.2, 0) is 16.0 Å². The third-order valence-electron chi connectivity index (χ3n) is 4.00. The van der Waals surface area contributed by atoms with Crippen LogP contribution in [0.2, 0.25) is 0 Å². The van der Waals surface area contributed by atoms with Crippen molar-refractivity contribution in [1.82, 2.24) is 5.32 Å². The Balaban J connectivity index is 2.07. The molecule has 0 fully saturated rings. The molecule has 0 aromatic heterocycles. The normalized spacial score (nSPS) is 21.4. The van der Waals surface area contributed by atoms with Gasteiger partial charge in [-0.3, -0.25) is 9.59 Å². The van der Waals surface area contributed by atoms with Gasteiger partial charge in [-0.05, 0) is 37.3 Å². The van der Waals surface area contributed by atoms with E-state index in [4.69, 9.17) is 5.11 Å². The number of rotatable bonds is 4. The van der Waals surface area contributed by atoms with Gasteiger partial charge in [0, 0.05) is 6.42 Å². The summed E-state index contributed by atoms with van der Waals surface area (Å²) < 4.78 is 0. The highest BCUT2D eigenvalue weighted by atomic mass is 16.4. The van der Waals surface area contributed by atoms with Gasteiger partial charge in [-0.25, -0.2) is 0 Å². The van der Waals surface area contributed by atoms with E-state index in [1.54, 1.807) is 13.8 Å². The lowest BCUT2D eigenvalue weighted by Gasteiger charge is -2.23. The second kappa shape index (κ2) is 5.27. The van der Waals surface area contributed by atoms with Gasteiger partial charge in [-0.1, -0.05) is 31.2 Å². The fourth-order valence-corrected chi connectivity index (χ4v) is 2.72. The number of amides is 1. The lowest BCUT2D eigenvalue weighted by Crippen LogP contribution is -2.36. The molecule has 108 valence electrons. The van der Waals surface area contributed by atoms with Gasteiger partial charge in [0.15, 0.2) is 0 Å². The second-order valence-corrected chi connectivity index (χ2v) is 6.29. The number of carboxylic acids is 1. The zero-order chi connectivity index (χ0) is 14.9. The Morgan fingerprint density at radius 1 is 1.35 bits per heavy atom. The number of nitrogens with one attached hydrogen (secondary N) is 1. The average Bonchev–Trinajstić information content (AvgIpc) is 2.65. The van der Waals surface area contributed by atoms with Crippen molar-refractivity contribution in [2.75, 3.05) is 0 Å². The van der Waals surface area contributed by atoms with E-state index in [0.717, 1.165) is 12.0 Å². The van der Waals surface area contributed by atoms with Gasteiger partial charge < -0.3 is 10.4 Å². The van der Waals surface area contributed by atoms with Gasteiger partial charge in [0.2, 0.25) is 5.91 Å². The lowest BCUT2D eigenvalue weighted by atomic mass is 9.89. The first kappa shape index (κ1) is 14.6. The zero-order valence-corrected chi connectivity index (χ0v) is 12.1. The monoisotopic (exact) mass is 275 g/mol. The predicted octanol–water partition coefficient (Wildman–Crippen LogP) is 2.54. The first-order chi connectivity index (χ1) is 9.31. The SMILES string of the molecule is C[C@H]1Cc2ccccc2[C@@H]1NC(=O)CC(C)(C)C(=O)O. The molecule has 1 aliphatic rings. The molecule has 1 aliphatic carbocycles. The minimum atomic E-state index is -1.04. The molecular formula is C16H21NO3. The van der Waals surface area contributed by atoms with Crippen LogP contribution in [-0.4, -0.2) is 17.0 Å². The van der Waals surface area contributed by atoms with Crippen molar-refractivity contribution in [2.24, 2.45) is 11.3 Å². The van der Waals surface area contributed by atoms with Crippen molar-refractivity contribution in [1.29, 1.82) is 0 Å². The minimum Gasteiger partial charge on any atom is -0.481 e. The van der Waals surface area contributed by atoms with E-state index in [1.165, 1.54) is 5.56 Å². The summed E-state index contributed by atoms with van der Waals surface area (Å²) in [5.74, 6) is -0.817. The molecule has 0 spiro atoms. The summed E-state index contributed by atoms with van der Waals surface area (Å²) in [6.45, 7) is 5.25. The summed E-state index contributed by atoms with van der Waals surface area (Å²) >= 11 is 0. The largest absolute Gasteiger partial charge is 0.481 e. The van der Waals surface area contributed by atoms with Crippen molar-refractivity contribution in [3.05, 3.63) is 35.4 Å². The second-order valence-electron chi connectivity index (χ2n) is 6.29. The van der Waals surface area contributed by atoms with Crippen LogP contribution in [0.4, 0.5) is 0 Å². The number of benzene rings is 1. The van der Waals surface area contributed by atoms with Crippen LogP contribution < -0.4 is 5.32 Å². The fraction of sp³-hybridized carbons (Fsp3) is 0.500. The van der Waals surface area contributed by atoms with Gasteiger partial charge in [-0.2, -0.15) is 0 Å². The molecule has 1 aromatic rings. The highest BCUT2D eigenvalue weighted by molar-refractivity contribution is 5.84. The van der Waals surface area contributed by atoms with Crippen LogP contribution in [0.1, 0.15) is 44.4 Å². The molecule has 4 nitrogen and oxygen atoms in total. The maximum absolute atomic E-state index is 12.1. The van der Waals surface area contributed by atoms with E-state index in [1.807, 2.05) is 18.2 Å². The fourth-order valence-electron chi connectivity index (χ4n) is 2.72. The number of carbonyl (C=O) groups excluding carboxylic acids is 1. The Hall–Kier alpha value is -1.84. The van der Waals surface area contributed by atoms with Gasteiger partial charge in [0.05, 0.1) is 11.5 Å². The summed E-state index contributed by atoms with van der Waals surface area (Å²) in [6, 6.07) is 8.08. The van der Waals surface area contributed by atoms with Gasteiger partial charge in [-0.15, -0.1) is 0 Å². The molecule has 0 saturated carbocycles. The minimum absolute atomic E-state index is 0.00623. The summed E-state index contributed by atoms with van der Waals surface area (Å²) in [5, 5.41) is 12.1. The van der Waals surface area contributed by atoms with E-state index in [2.05, 4.69) is 18.3 Å². The van der Waals surface area contributed by atoms with Crippen LogP contribution >= 0.6 is 0 Å². The molecule has 0 radical (unpaired) electrons. The number of aliphatic carboxylic acids is 1. The molecule has 2 atom stereocenters. The maximum Gasteiger partial charge on any atom is 0.309 e. The number of carbonyl (C=O) groups is 2. The molecule has 0 bridgehead atoms. The Kier molecular flexibility index (Phi) is 3.84. The number of hydrogen-bond donors (Lipinski definition) is 2. The highest BCUT2D eigenvalue weighted by Crippen LogP contribution is 2.36. The maximum atomic E-state index is 12.1. The average molecular weight is 275 g/mol. The molecule has 1 aromatic carbocycles. The first-order valence-corrected chi connectivity index (χ1v) is 6.92. The number of fused-ring (bicyclic) bond motifs is 1. The number of hydrogen-bond acceptors (Lipinski definition) is 2. The van der Waals surface area contributed by atoms with Crippen molar-refractivity contribution in [3.8, 4) is 0 Å². The lowest BCUT2D eigenvalue weighted by molar-refractivity contribution is -0.149. The molecule has 20 heavy (non-hydrogen) atoms. The third kappa shape index (κ3) is 2.84. The van der Waals surface area contributed by atoms with E-state index >= 15 is 0 Å².